The molecule has 180 valence electrons. The van der Waals surface area contributed by atoms with Gasteiger partial charge in [-0.1, -0.05) is 30.3 Å². The lowest BCUT2D eigenvalue weighted by Crippen LogP contribution is -2.43. The molecule has 3 N–H and O–H groups in total. The van der Waals surface area contributed by atoms with Crippen LogP contribution < -0.4 is 10.2 Å². The predicted molar refractivity (Wildman–Crippen MR) is 118 cm³/mol. The highest BCUT2D eigenvalue weighted by atomic mass is 28.4. The Balaban J connectivity index is 0.000000502. The van der Waals surface area contributed by atoms with Crippen LogP contribution in [0.25, 0.3) is 0 Å². The zero-order valence-electron chi connectivity index (χ0n) is 18.5. The minimum absolute atomic E-state index is 0.0651. The SMILES string of the molecule is CO[Si](CCCNC(=O)OOc1ccccc1C(=O)O)(OC)OC.O=C(O)c1ccccc1. The number of carboxylic acid groups (broad SMARTS) is 2. The summed E-state index contributed by atoms with van der Waals surface area (Å²) in [7, 11) is 1.86. The molecule has 0 aliphatic heterocycles. The molecular weight excluding hydrogens is 454 g/mol. The number of amides is 1. The number of carbonyl (C=O) groups excluding carboxylic acids is 1. The lowest BCUT2D eigenvalue weighted by Gasteiger charge is -2.24. The van der Waals surface area contributed by atoms with E-state index in [-0.39, 0.29) is 17.9 Å². The average molecular weight is 482 g/mol. The van der Waals surface area contributed by atoms with Gasteiger partial charge in [-0.05, 0) is 30.7 Å². The number of nitrogens with one attached hydrogen (secondary N) is 1. The van der Waals surface area contributed by atoms with Gasteiger partial charge in [0.2, 0.25) is 0 Å². The largest absolute Gasteiger partial charge is 0.500 e. The van der Waals surface area contributed by atoms with Crippen molar-refractivity contribution in [3.8, 4) is 5.75 Å². The molecular formula is C21H27NO10Si. The first-order valence-corrected chi connectivity index (χ1v) is 11.6. The van der Waals surface area contributed by atoms with Crippen LogP contribution in [-0.2, 0) is 18.2 Å². The van der Waals surface area contributed by atoms with Crippen LogP contribution in [0, 0.1) is 0 Å². The molecule has 2 aromatic carbocycles. The van der Waals surface area contributed by atoms with Crippen LogP contribution in [0.4, 0.5) is 4.79 Å². The molecule has 0 aliphatic carbocycles. The Bertz CT molecular complexity index is 881. The molecule has 0 fully saturated rings. The first-order chi connectivity index (χ1) is 15.8. The van der Waals surface area contributed by atoms with Gasteiger partial charge in [-0.3, -0.25) is 4.89 Å². The molecule has 0 unspecified atom stereocenters. The minimum Gasteiger partial charge on any atom is -0.478 e. The highest BCUT2D eigenvalue weighted by Crippen LogP contribution is 2.18. The predicted octanol–water partition coefficient (Wildman–Crippen LogP) is 3.06. The molecule has 1 amide bonds. The number of benzene rings is 2. The van der Waals surface area contributed by atoms with Gasteiger partial charge in [0.25, 0.3) is 0 Å². The zero-order valence-corrected chi connectivity index (χ0v) is 19.5. The third-order valence-corrected chi connectivity index (χ3v) is 7.04. The molecule has 0 atom stereocenters. The molecule has 12 heteroatoms. The van der Waals surface area contributed by atoms with Crippen LogP contribution in [-0.4, -0.2) is 64.9 Å². The van der Waals surface area contributed by atoms with Crippen molar-refractivity contribution in [3.05, 3.63) is 65.7 Å². The Morgan fingerprint density at radius 2 is 1.42 bits per heavy atom. The maximum absolute atomic E-state index is 11.5. The van der Waals surface area contributed by atoms with E-state index in [2.05, 4.69) is 10.2 Å². The van der Waals surface area contributed by atoms with Crippen molar-refractivity contribution >= 4 is 26.8 Å². The Morgan fingerprint density at radius 1 is 0.848 bits per heavy atom. The van der Waals surface area contributed by atoms with Crippen LogP contribution in [0.15, 0.2) is 54.6 Å². The first-order valence-electron chi connectivity index (χ1n) is 9.67. The van der Waals surface area contributed by atoms with Crippen molar-refractivity contribution in [3.63, 3.8) is 0 Å². The van der Waals surface area contributed by atoms with Gasteiger partial charge in [0.15, 0.2) is 5.75 Å². The molecule has 11 nitrogen and oxygen atoms in total. The van der Waals surface area contributed by atoms with E-state index in [1.54, 1.807) is 36.4 Å². The number of carboxylic acids is 2. The van der Waals surface area contributed by atoms with Gasteiger partial charge in [0.1, 0.15) is 5.56 Å². The monoisotopic (exact) mass is 481 g/mol. The molecule has 0 aromatic heterocycles. The molecule has 33 heavy (non-hydrogen) atoms. The molecule has 0 aliphatic rings. The van der Waals surface area contributed by atoms with E-state index < -0.39 is 26.8 Å². The van der Waals surface area contributed by atoms with Gasteiger partial charge in [-0.2, -0.15) is 0 Å². The number of para-hydroxylation sites is 1. The summed E-state index contributed by atoms with van der Waals surface area (Å²) in [5.41, 5.74) is 0.221. The molecule has 2 aromatic rings. The zero-order chi connectivity index (χ0) is 24.7. The van der Waals surface area contributed by atoms with Crippen molar-refractivity contribution in [2.45, 2.75) is 12.5 Å². The molecule has 0 bridgehead atoms. The van der Waals surface area contributed by atoms with Crippen LogP contribution in [0.3, 0.4) is 0 Å². The molecule has 2 rings (SSSR count). The molecule has 0 saturated carbocycles. The molecule has 0 saturated heterocycles. The lowest BCUT2D eigenvalue weighted by molar-refractivity contribution is -0.142. The fraction of sp³-hybridized carbons (Fsp3) is 0.286. The molecule has 0 spiro atoms. The van der Waals surface area contributed by atoms with Crippen molar-refractivity contribution in [1.82, 2.24) is 5.32 Å². The van der Waals surface area contributed by atoms with E-state index in [0.717, 1.165) is 0 Å². The third-order valence-electron chi connectivity index (χ3n) is 4.21. The summed E-state index contributed by atoms with van der Waals surface area (Å²) in [4.78, 5) is 42.0. The minimum atomic E-state index is -2.67. The smallest absolute Gasteiger partial charge is 0.478 e. The van der Waals surface area contributed by atoms with Gasteiger partial charge < -0.3 is 28.8 Å². The summed E-state index contributed by atoms with van der Waals surface area (Å²) in [5.74, 6) is -2.13. The maximum Gasteiger partial charge on any atom is 0.500 e. The summed E-state index contributed by atoms with van der Waals surface area (Å²) in [6, 6.07) is 14.6. The van der Waals surface area contributed by atoms with Crippen molar-refractivity contribution in [2.24, 2.45) is 0 Å². The Hall–Kier alpha value is -3.45. The van der Waals surface area contributed by atoms with Gasteiger partial charge >= 0.3 is 26.8 Å². The van der Waals surface area contributed by atoms with E-state index in [0.29, 0.717) is 18.0 Å². The Morgan fingerprint density at radius 3 is 1.94 bits per heavy atom. The normalized spacial score (nSPS) is 10.4. The molecule has 0 heterocycles. The van der Waals surface area contributed by atoms with Crippen molar-refractivity contribution in [1.29, 1.82) is 0 Å². The van der Waals surface area contributed by atoms with Crippen LogP contribution in [0.2, 0.25) is 6.04 Å². The quantitative estimate of drug-likeness (QED) is 0.189. The number of carbonyl (C=O) groups is 3. The standard InChI is InChI=1S/C14H21NO8Si.C7H6O2/c1-19-24(20-2,21-3)10-6-9-15-14(18)23-22-12-8-5-4-7-11(12)13(16)17;8-7(9)6-4-2-1-3-5-6/h4-5,7-8H,6,9-10H2,1-3H3,(H,15,18)(H,16,17);1-5H,(H,8,9). The topological polar surface area (TPSA) is 150 Å². The van der Waals surface area contributed by atoms with E-state index in [9.17, 15) is 14.4 Å². The van der Waals surface area contributed by atoms with Crippen LogP contribution in [0.5, 0.6) is 5.75 Å². The van der Waals surface area contributed by atoms with E-state index in [1.165, 1.54) is 39.5 Å². The third kappa shape index (κ3) is 9.70. The van der Waals surface area contributed by atoms with Gasteiger partial charge in [0.05, 0.1) is 5.56 Å². The number of hydrogen-bond donors (Lipinski definition) is 3. The summed E-state index contributed by atoms with van der Waals surface area (Å²) >= 11 is 0. The number of aromatic carboxylic acids is 2. The van der Waals surface area contributed by atoms with Gasteiger partial charge in [-0.15, -0.1) is 0 Å². The maximum atomic E-state index is 11.5. The summed E-state index contributed by atoms with van der Waals surface area (Å²) in [6.07, 6.45) is -0.294. The van der Waals surface area contributed by atoms with Crippen LogP contribution >= 0.6 is 0 Å². The summed E-state index contributed by atoms with van der Waals surface area (Å²) < 4.78 is 15.8. The second-order valence-corrected chi connectivity index (χ2v) is 9.34. The van der Waals surface area contributed by atoms with Gasteiger partial charge in [0, 0.05) is 33.9 Å². The highest BCUT2D eigenvalue weighted by molar-refractivity contribution is 6.60. The molecule has 0 radical (unpaired) electrons. The highest BCUT2D eigenvalue weighted by Gasteiger charge is 2.36. The number of rotatable bonds is 11. The lowest BCUT2D eigenvalue weighted by atomic mass is 10.2. The second kappa shape index (κ2) is 14.6. The van der Waals surface area contributed by atoms with E-state index >= 15 is 0 Å². The first kappa shape index (κ1) is 27.6. The van der Waals surface area contributed by atoms with Crippen molar-refractivity contribution < 1.29 is 47.6 Å². The van der Waals surface area contributed by atoms with Crippen molar-refractivity contribution in [2.75, 3.05) is 27.9 Å². The summed E-state index contributed by atoms with van der Waals surface area (Å²) in [6.45, 7) is 0.285. The average Bonchev–Trinajstić information content (AvgIpc) is 2.84. The summed E-state index contributed by atoms with van der Waals surface area (Å²) in [5, 5.41) is 19.8. The van der Waals surface area contributed by atoms with E-state index in [1.807, 2.05) is 0 Å². The second-order valence-electron chi connectivity index (χ2n) is 6.25. The number of hydrogen-bond acceptors (Lipinski definition) is 8. The van der Waals surface area contributed by atoms with Crippen LogP contribution in [0.1, 0.15) is 27.1 Å². The fourth-order valence-electron chi connectivity index (χ4n) is 2.46. The van der Waals surface area contributed by atoms with E-state index in [4.69, 9.17) is 28.4 Å². The van der Waals surface area contributed by atoms with Gasteiger partial charge in [-0.25, -0.2) is 19.3 Å². The Kier molecular flexibility index (Phi) is 12.2. The Labute approximate surface area is 192 Å². The fourth-order valence-corrected chi connectivity index (χ4v) is 4.18.